The SMILES string of the molecule is CNC(=O)[C@@H]1CN(C(=O)c2ccc(C(=O)N3C[C@@H](C(=O)N[C@H]4C[C@@H]4c4ccccc4)[C@H](C(=O)N[C@H]4C[C@@H]4c4ccccc4)C3)c(OC)c2)C[C@H]1C(=O)N[C@H]1C[C@@H]1c1ccccc1. The van der Waals surface area contributed by atoms with Crippen molar-refractivity contribution in [1.29, 1.82) is 0 Å². The molecule has 4 N–H and O–H groups in total. The molecule has 4 aromatic rings. The van der Waals surface area contributed by atoms with Crippen LogP contribution in [0.5, 0.6) is 5.75 Å². The molecule has 2 heterocycles. The van der Waals surface area contributed by atoms with Crippen molar-refractivity contribution in [1.82, 2.24) is 31.1 Å². The maximum Gasteiger partial charge on any atom is 0.257 e. The van der Waals surface area contributed by atoms with Gasteiger partial charge in [0.15, 0.2) is 0 Å². The van der Waals surface area contributed by atoms with Crippen LogP contribution >= 0.6 is 0 Å². The predicted octanol–water partition coefficient (Wildman–Crippen LogP) is 3.83. The minimum atomic E-state index is -0.769. The summed E-state index contributed by atoms with van der Waals surface area (Å²) in [6.45, 7) is 0.169. The number of nitrogens with zero attached hydrogens (tertiary/aromatic N) is 2. The highest BCUT2D eigenvalue weighted by molar-refractivity contribution is 6.02. The van der Waals surface area contributed by atoms with Gasteiger partial charge in [-0.1, -0.05) is 91.0 Å². The summed E-state index contributed by atoms with van der Waals surface area (Å²) < 4.78 is 5.69. The molecule has 62 heavy (non-hydrogen) atoms. The molecule has 3 aliphatic carbocycles. The second kappa shape index (κ2) is 17.1. The zero-order valence-electron chi connectivity index (χ0n) is 34.9. The summed E-state index contributed by atoms with van der Waals surface area (Å²) in [6, 6.07) is 34.4. The van der Waals surface area contributed by atoms with Crippen LogP contribution < -0.4 is 26.0 Å². The molecular formula is C49H52N6O7. The molecule has 2 aliphatic heterocycles. The third-order valence-corrected chi connectivity index (χ3v) is 13.5. The molecular weight excluding hydrogens is 785 g/mol. The Morgan fingerprint density at radius 2 is 0.871 bits per heavy atom. The summed E-state index contributed by atoms with van der Waals surface area (Å²) in [5.41, 5.74) is 3.86. The topological polar surface area (TPSA) is 166 Å². The predicted molar refractivity (Wildman–Crippen MR) is 230 cm³/mol. The number of ether oxygens (including phenoxy) is 1. The lowest BCUT2D eigenvalue weighted by atomic mass is 9.94. The Hall–Kier alpha value is -6.50. The summed E-state index contributed by atoms with van der Waals surface area (Å²) in [7, 11) is 2.92. The van der Waals surface area contributed by atoms with Crippen LogP contribution in [0, 0.1) is 23.7 Å². The first-order chi connectivity index (χ1) is 30.1. The number of hydrogen-bond acceptors (Lipinski definition) is 7. The highest BCUT2D eigenvalue weighted by Crippen LogP contribution is 2.44. The van der Waals surface area contributed by atoms with Gasteiger partial charge in [0.1, 0.15) is 5.75 Å². The molecule has 0 bridgehead atoms. The van der Waals surface area contributed by atoms with Gasteiger partial charge >= 0.3 is 0 Å². The lowest BCUT2D eigenvalue weighted by Crippen LogP contribution is -2.43. The molecule has 13 nitrogen and oxygen atoms in total. The summed E-state index contributed by atoms with van der Waals surface area (Å²) in [5.74, 6) is -4.18. The van der Waals surface area contributed by atoms with Crippen molar-refractivity contribution in [3.8, 4) is 5.75 Å². The lowest BCUT2D eigenvalue weighted by molar-refractivity contribution is -0.133. The van der Waals surface area contributed by atoms with Crippen molar-refractivity contribution < 1.29 is 33.5 Å². The monoisotopic (exact) mass is 836 g/mol. The molecule has 0 unspecified atom stereocenters. The van der Waals surface area contributed by atoms with E-state index >= 15 is 0 Å². The summed E-state index contributed by atoms with van der Waals surface area (Å²) in [5, 5.41) is 12.1. The zero-order chi connectivity index (χ0) is 43.1. The number of nitrogens with one attached hydrogen (secondary N) is 4. The number of likely N-dealkylation sites (tertiary alicyclic amines) is 2. The first-order valence-corrected chi connectivity index (χ1v) is 21.7. The number of rotatable bonds is 13. The number of benzene rings is 4. The fourth-order valence-electron chi connectivity index (χ4n) is 9.68. The van der Waals surface area contributed by atoms with E-state index < -0.39 is 35.5 Å². The minimum Gasteiger partial charge on any atom is -0.496 e. The molecule has 5 fully saturated rings. The number of carbonyl (C=O) groups excluding carboxylic acids is 6. The fourth-order valence-corrected chi connectivity index (χ4v) is 9.68. The van der Waals surface area contributed by atoms with Gasteiger partial charge in [0.25, 0.3) is 11.8 Å². The summed E-state index contributed by atoms with van der Waals surface area (Å²) in [6.07, 6.45) is 2.42. The molecule has 0 radical (unpaired) electrons. The Morgan fingerprint density at radius 3 is 1.24 bits per heavy atom. The molecule has 5 aliphatic rings. The highest BCUT2D eigenvalue weighted by atomic mass is 16.5. The minimum absolute atomic E-state index is 0.0327. The maximum absolute atomic E-state index is 14.3. The van der Waals surface area contributed by atoms with Crippen molar-refractivity contribution >= 4 is 35.4 Å². The van der Waals surface area contributed by atoms with E-state index in [9.17, 15) is 28.8 Å². The Bertz CT molecular complexity index is 2290. The highest BCUT2D eigenvalue weighted by Gasteiger charge is 2.50. The molecule has 0 aromatic heterocycles. The third kappa shape index (κ3) is 8.40. The standard InChI is InChI=1S/C49H52N6O7/c1-50-44(56)36-24-54(25-37(36)45(57)51-40-21-33(40)28-12-6-3-7-13-28)48(60)31-18-19-32(43(20-31)62-2)49(61)55-26-38(46(58)52-41-22-34(41)29-14-8-4-9-15-29)39(27-55)47(59)53-42-23-35(42)30-16-10-5-11-17-30/h3-20,33-42H,21-27H2,1-2H3,(H,50,56)(H,51,57)(H,52,58)(H,53,59)/t33-,34-,35-,36-,37-,38-,39-,40+,41+,42+/m1/s1. The molecule has 6 amide bonds. The van der Waals surface area contributed by atoms with E-state index in [4.69, 9.17) is 4.74 Å². The molecule has 10 atom stereocenters. The van der Waals surface area contributed by atoms with Crippen molar-refractivity contribution in [3.63, 3.8) is 0 Å². The Morgan fingerprint density at radius 1 is 0.500 bits per heavy atom. The van der Waals surface area contributed by atoms with Crippen molar-refractivity contribution in [3.05, 3.63) is 137 Å². The first-order valence-electron chi connectivity index (χ1n) is 21.7. The molecule has 4 aromatic carbocycles. The second-order valence-electron chi connectivity index (χ2n) is 17.5. The number of amides is 6. The van der Waals surface area contributed by atoms with Gasteiger partial charge in [0, 0.05) is 74.7 Å². The van der Waals surface area contributed by atoms with Crippen LogP contribution in [-0.2, 0) is 19.2 Å². The largest absolute Gasteiger partial charge is 0.496 e. The van der Waals surface area contributed by atoms with Gasteiger partial charge in [-0.05, 0) is 54.2 Å². The maximum atomic E-state index is 14.3. The normalized spacial score (nSPS) is 28.0. The van der Waals surface area contributed by atoms with Gasteiger partial charge in [-0.15, -0.1) is 0 Å². The van der Waals surface area contributed by atoms with Gasteiger partial charge in [0.05, 0.1) is 36.3 Å². The van der Waals surface area contributed by atoms with E-state index in [2.05, 4.69) is 21.3 Å². The van der Waals surface area contributed by atoms with E-state index in [1.54, 1.807) is 0 Å². The van der Waals surface area contributed by atoms with Crippen LogP contribution in [0.4, 0.5) is 0 Å². The van der Waals surface area contributed by atoms with Crippen LogP contribution in [0.1, 0.15) is 74.4 Å². The molecule has 3 saturated carbocycles. The number of hydrogen-bond donors (Lipinski definition) is 4. The van der Waals surface area contributed by atoms with E-state index in [-0.39, 0.29) is 103 Å². The first kappa shape index (κ1) is 40.9. The fraction of sp³-hybridized carbons (Fsp3) is 0.388. The molecule has 2 saturated heterocycles. The van der Waals surface area contributed by atoms with Crippen LogP contribution in [0.3, 0.4) is 0 Å². The van der Waals surface area contributed by atoms with Crippen molar-refractivity contribution in [2.24, 2.45) is 23.7 Å². The smallest absolute Gasteiger partial charge is 0.257 e. The van der Waals surface area contributed by atoms with E-state index in [0.717, 1.165) is 36.0 Å². The Balaban J connectivity index is 0.879. The zero-order valence-corrected chi connectivity index (χ0v) is 34.9. The van der Waals surface area contributed by atoms with Gasteiger partial charge in [-0.25, -0.2) is 0 Å². The Labute approximate surface area is 360 Å². The van der Waals surface area contributed by atoms with E-state index in [0.29, 0.717) is 0 Å². The quantitative estimate of drug-likeness (QED) is 0.159. The summed E-state index contributed by atoms with van der Waals surface area (Å²) in [4.78, 5) is 85.9. The van der Waals surface area contributed by atoms with Crippen LogP contribution in [0.25, 0.3) is 0 Å². The van der Waals surface area contributed by atoms with E-state index in [1.165, 1.54) is 42.2 Å². The number of methoxy groups -OCH3 is 1. The molecule has 13 heteroatoms. The Kier molecular flexibility index (Phi) is 11.3. The molecule has 0 spiro atoms. The molecule has 9 rings (SSSR count). The lowest BCUT2D eigenvalue weighted by Gasteiger charge is -2.20. The number of carbonyl (C=O) groups is 6. The van der Waals surface area contributed by atoms with Gasteiger partial charge < -0.3 is 35.8 Å². The van der Waals surface area contributed by atoms with E-state index in [1.807, 2.05) is 91.0 Å². The van der Waals surface area contributed by atoms with Crippen molar-refractivity contribution in [2.75, 3.05) is 40.3 Å². The third-order valence-electron chi connectivity index (χ3n) is 13.5. The van der Waals surface area contributed by atoms with Crippen LogP contribution in [-0.4, -0.2) is 104 Å². The second-order valence-corrected chi connectivity index (χ2v) is 17.5. The van der Waals surface area contributed by atoms with Gasteiger partial charge in [-0.2, -0.15) is 0 Å². The van der Waals surface area contributed by atoms with Crippen LogP contribution in [0.2, 0.25) is 0 Å². The summed E-state index contributed by atoms with van der Waals surface area (Å²) >= 11 is 0. The van der Waals surface area contributed by atoms with Crippen molar-refractivity contribution in [2.45, 2.75) is 55.1 Å². The van der Waals surface area contributed by atoms with Gasteiger partial charge in [-0.3, -0.25) is 28.8 Å². The molecule has 320 valence electrons. The van der Waals surface area contributed by atoms with Crippen LogP contribution in [0.15, 0.2) is 109 Å². The average Bonchev–Trinajstić information content (AvgIpc) is 4.28. The average molecular weight is 837 g/mol. The van der Waals surface area contributed by atoms with Gasteiger partial charge in [0.2, 0.25) is 23.6 Å².